The van der Waals surface area contributed by atoms with Gasteiger partial charge < -0.3 is 11.1 Å². The van der Waals surface area contributed by atoms with E-state index in [9.17, 15) is 17.4 Å². The van der Waals surface area contributed by atoms with Crippen molar-refractivity contribution in [2.75, 3.05) is 30.5 Å². The molecule has 0 aliphatic heterocycles. The van der Waals surface area contributed by atoms with Gasteiger partial charge in [0.05, 0.1) is 4.90 Å². The molecule has 0 saturated heterocycles. The van der Waals surface area contributed by atoms with Crippen LogP contribution < -0.4 is 11.1 Å². The molecule has 0 aliphatic rings. The van der Waals surface area contributed by atoms with E-state index in [4.69, 9.17) is 5.73 Å². The first kappa shape index (κ1) is 15.6. The molecule has 1 unspecified atom stereocenters. The van der Waals surface area contributed by atoms with Crippen LogP contribution in [0.1, 0.15) is 10.4 Å². The molecule has 1 aromatic rings. The van der Waals surface area contributed by atoms with E-state index in [1.165, 1.54) is 24.5 Å². The summed E-state index contributed by atoms with van der Waals surface area (Å²) in [7, 11) is -4.42. The molecule has 1 amide bonds. The normalized spacial score (nSPS) is 12.9. The molecule has 0 radical (unpaired) electrons. The smallest absolute Gasteiger partial charge is 0.251 e. The van der Waals surface area contributed by atoms with Gasteiger partial charge in [0.25, 0.3) is 5.91 Å². The molecule has 0 aromatic heterocycles. The largest absolute Gasteiger partial charge is 0.399 e. The van der Waals surface area contributed by atoms with Gasteiger partial charge in [-0.25, -0.2) is 8.42 Å². The van der Waals surface area contributed by atoms with Gasteiger partial charge in [-0.15, -0.1) is 0 Å². The molecule has 0 bridgehead atoms. The second-order valence-corrected chi connectivity index (χ2v) is 7.67. The van der Waals surface area contributed by atoms with Crippen molar-refractivity contribution in [3.63, 3.8) is 0 Å². The number of rotatable bonds is 5. The Hall–Kier alpha value is -1.41. The molecule has 6 nitrogen and oxygen atoms in total. The highest BCUT2D eigenvalue weighted by molar-refractivity contribution is 7.90. The van der Waals surface area contributed by atoms with Crippen molar-refractivity contribution in [1.29, 1.82) is 0 Å². The summed E-state index contributed by atoms with van der Waals surface area (Å²) in [4.78, 5) is 11.8. The average molecular weight is 304 g/mol. The van der Waals surface area contributed by atoms with Gasteiger partial charge in [-0.3, -0.25) is 9.00 Å². The third-order valence-corrected chi connectivity index (χ3v) is 4.17. The Morgan fingerprint density at radius 1 is 1.37 bits per heavy atom. The highest BCUT2D eigenvalue weighted by Gasteiger charge is 2.13. The van der Waals surface area contributed by atoms with E-state index >= 15 is 0 Å². The van der Waals surface area contributed by atoms with Crippen LogP contribution in [0, 0.1) is 0 Å². The van der Waals surface area contributed by atoms with E-state index in [1.54, 1.807) is 0 Å². The van der Waals surface area contributed by atoms with Gasteiger partial charge >= 0.3 is 0 Å². The van der Waals surface area contributed by atoms with Gasteiger partial charge in [-0.2, -0.15) is 0 Å². The molecule has 0 spiro atoms. The third-order valence-electron chi connectivity index (χ3n) is 2.29. The number of anilines is 1. The Kier molecular flexibility index (Phi) is 5.07. The van der Waals surface area contributed by atoms with Crippen molar-refractivity contribution in [3.05, 3.63) is 23.8 Å². The van der Waals surface area contributed by atoms with Crippen LogP contribution >= 0.6 is 0 Å². The number of benzene rings is 1. The predicted octanol–water partition coefficient (Wildman–Crippen LogP) is -0.219. The number of nitrogen functional groups attached to an aromatic ring is 1. The van der Waals surface area contributed by atoms with Crippen LogP contribution in [-0.2, 0) is 20.6 Å². The zero-order valence-corrected chi connectivity index (χ0v) is 12.3. The fourth-order valence-electron chi connectivity index (χ4n) is 1.38. The third kappa shape index (κ3) is 4.99. The summed E-state index contributed by atoms with van der Waals surface area (Å²) in [5, 5.41) is 2.55. The van der Waals surface area contributed by atoms with Crippen LogP contribution in [0.15, 0.2) is 23.1 Å². The van der Waals surface area contributed by atoms with Crippen LogP contribution in [0.4, 0.5) is 5.69 Å². The van der Waals surface area contributed by atoms with Gasteiger partial charge in [0.15, 0.2) is 9.84 Å². The van der Waals surface area contributed by atoms with Gasteiger partial charge in [0, 0.05) is 46.9 Å². The summed E-state index contributed by atoms with van der Waals surface area (Å²) in [5.74, 6) is -0.102. The molecule has 0 aliphatic carbocycles. The molecule has 0 saturated carbocycles. The Morgan fingerprint density at radius 2 is 2.00 bits per heavy atom. The average Bonchev–Trinajstić information content (AvgIpc) is 2.26. The number of amides is 1. The molecule has 1 atom stereocenters. The van der Waals surface area contributed by atoms with Crippen molar-refractivity contribution in [2.24, 2.45) is 0 Å². The minimum atomic E-state index is -3.42. The molecule has 1 aromatic carbocycles. The first-order valence-corrected chi connectivity index (χ1v) is 9.01. The molecule has 0 heterocycles. The molecular weight excluding hydrogens is 288 g/mol. The predicted molar refractivity (Wildman–Crippen MR) is 75.2 cm³/mol. The number of carbonyl (C=O) groups is 1. The topological polar surface area (TPSA) is 106 Å². The van der Waals surface area contributed by atoms with Crippen LogP contribution in [0.25, 0.3) is 0 Å². The lowest BCUT2D eigenvalue weighted by Crippen LogP contribution is -2.27. The maximum Gasteiger partial charge on any atom is 0.251 e. The Bertz CT molecular complexity index is 611. The molecule has 0 fully saturated rings. The molecule has 19 heavy (non-hydrogen) atoms. The number of nitrogens with two attached hydrogens (primary N) is 1. The van der Waals surface area contributed by atoms with Crippen LogP contribution in [0.5, 0.6) is 0 Å². The molecule has 1 rings (SSSR count). The highest BCUT2D eigenvalue weighted by Crippen LogP contribution is 2.16. The maximum atomic E-state index is 11.8. The van der Waals surface area contributed by atoms with E-state index < -0.39 is 26.5 Å². The first-order chi connectivity index (χ1) is 8.70. The van der Waals surface area contributed by atoms with Gasteiger partial charge in [0.2, 0.25) is 0 Å². The fraction of sp³-hybridized carbons (Fsp3) is 0.364. The van der Waals surface area contributed by atoms with Gasteiger partial charge in [-0.05, 0) is 18.2 Å². The van der Waals surface area contributed by atoms with E-state index in [-0.39, 0.29) is 22.7 Å². The second kappa shape index (κ2) is 6.16. The number of hydrogen-bond donors (Lipinski definition) is 2. The van der Waals surface area contributed by atoms with Gasteiger partial charge in [-0.1, -0.05) is 0 Å². The first-order valence-electron chi connectivity index (χ1n) is 5.39. The molecule has 106 valence electrons. The van der Waals surface area contributed by atoms with Crippen LogP contribution in [0.2, 0.25) is 0 Å². The summed E-state index contributed by atoms with van der Waals surface area (Å²) in [6.45, 7) is 0.255. The second-order valence-electron chi connectivity index (χ2n) is 4.10. The maximum absolute atomic E-state index is 11.8. The zero-order chi connectivity index (χ0) is 14.6. The molecule has 3 N–H and O–H groups in total. The molecule has 8 heteroatoms. The van der Waals surface area contributed by atoms with Gasteiger partial charge in [0.1, 0.15) is 0 Å². The van der Waals surface area contributed by atoms with E-state index in [0.29, 0.717) is 5.75 Å². The van der Waals surface area contributed by atoms with Crippen molar-refractivity contribution < 1.29 is 17.4 Å². The minimum Gasteiger partial charge on any atom is -0.399 e. The fourth-order valence-corrected chi connectivity index (χ4v) is 2.46. The molecular formula is C11H16N2O4S2. The lowest BCUT2D eigenvalue weighted by molar-refractivity contribution is 0.0956. The number of hydrogen-bond acceptors (Lipinski definition) is 5. The number of nitrogens with one attached hydrogen (secondary N) is 1. The van der Waals surface area contributed by atoms with E-state index in [0.717, 1.165) is 6.26 Å². The Morgan fingerprint density at radius 3 is 2.53 bits per heavy atom. The summed E-state index contributed by atoms with van der Waals surface area (Å²) in [6, 6.07) is 3.96. The Labute approximate surface area is 114 Å². The van der Waals surface area contributed by atoms with Crippen molar-refractivity contribution in [2.45, 2.75) is 4.90 Å². The summed E-state index contributed by atoms with van der Waals surface area (Å²) < 4.78 is 33.7. The van der Waals surface area contributed by atoms with Crippen molar-refractivity contribution >= 4 is 32.2 Å². The summed E-state index contributed by atoms with van der Waals surface area (Å²) >= 11 is 0. The lowest BCUT2D eigenvalue weighted by atomic mass is 10.2. The number of sulfone groups is 1. The quantitative estimate of drug-likeness (QED) is 0.732. The standard InChI is InChI=1S/C11H16N2O4S2/c1-18(15)4-3-13-11(14)8-5-9(12)7-10(6-8)19(2,16)17/h5-7H,3-4,12H2,1-2H3,(H,13,14). The zero-order valence-electron chi connectivity index (χ0n) is 10.7. The van der Waals surface area contributed by atoms with Crippen LogP contribution in [-0.4, -0.2) is 43.3 Å². The van der Waals surface area contributed by atoms with Crippen molar-refractivity contribution in [3.8, 4) is 0 Å². The minimum absolute atomic E-state index is 0.00304. The lowest BCUT2D eigenvalue weighted by Gasteiger charge is -2.07. The highest BCUT2D eigenvalue weighted by atomic mass is 32.2. The summed E-state index contributed by atoms with van der Waals surface area (Å²) in [6.07, 6.45) is 2.58. The monoisotopic (exact) mass is 304 g/mol. The van der Waals surface area contributed by atoms with Crippen LogP contribution in [0.3, 0.4) is 0 Å². The number of carbonyl (C=O) groups excluding carboxylic acids is 1. The summed E-state index contributed by atoms with van der Waals surface area (Å²) in [5.41, 5.74) is 5.95. The van der Waals surface area contributed by atoms with Crippen molar-refractivity contribution in [1.82, 2.24) is 5.32 Å². The SMILES string of the molecule is CS(=O)CCNC(=O)c1cc(N)cc(S(C)(=O)=O)c1. The Balaban J connectivity index is 2.92. The van der Waals surface area contributed by atoms with E-state index in [1.807, 2.05) is 0 Å². The van der Waals surface area contributed by atoms with E-state index in [2.05, 4.69) is 5.32 Å².